The van der Waals surface area contributed by atoms with Crippen molar-refractivity contribution in [2.75, 3.05) is 46.3 Å². The van der Waals surface area contributed by atoms with Crippen molar-refractivity contribution in [3.8, 4) is 0 Å². The number of aliphatic hydroxyl groups excluding tert-OH is 1. The van der Waals surface area contributed by atoms with Crippen LogP contribution in [0.15, 0.2) is 24.5 Å². The van der Waals surface area contributed by atoms with E-state index in [1.54, 1.807) is 6.20 Å². The van der Waals surface area contributed by atoms with E-state index in [-0.39, 0.29) is 0 Å². The summed E-state index contributed by atoms with van der Waals surface area (Å²) in [5.74, 6) is 0. The summed E-state index contributed by atoms with van der Waals surface area (Å²) in [4.78, 5) is 16.8. The SMILES string of the molecule is C=O.CC.CCC.CN.NCC(O)CN1CCN(Cc2cccnc2)CC1. The number of nitrogens with two attached hydrogens (primary N) is 2. The third-order valence-electron chi connectivity index (χ3n) is 3.33. The molecule has 160 valence electrons. The predicted octanol–water partition coefficient (Wildman–Crippen LogP) is 1.35. The van der Waals surface area contributed by atoms with Crippen molar-refractivity contribution < 1.29 is 9.90 Å². The molecule has 7 nitrogen and oxygen atoms in total. The Hall–Kier alpha value is -1.38. The third kappa shape index (κ3) is 17.8. The van der Waals surface area contributed by atoms with Crippen molar-refractivity contribution in [1.82, 2.24) is 14.8 Å². The molecule has 0 aromatic carbocycles. The number of rotatable bonds is 5. The Bertz CT molecular complexity index is 374. The maximum absolute atomic E-state index is 9.52. The minimum Gasteiger partial charge on any atom is -0.390 e. The van der Waals surface area contributed by atoms with Gasteiger partial charge in [-0.1, -0.05) is 40.2 Å². The summed E-state index contributed by atoms with van der Waals surface area (Å²) >= 11 is 0. The molecule has 1 aliphatic heterocycles. The van der Waals surface area contributed by atoms with Crippen molar-refractivity contribution in [3.63, 3.8) is 0 Å². The molecule has 0 aliphatic carbocycles. The Morgan fingerprint density at radius 3 is 2.04 bits per heavy atom. The minimum absolute atomic E-state index is 0.343. The highest BCUT2D eigenvalue weighted by molar-refractivity contribution is 5.11. The first-order chi connectivity index (χ1) is 13.2. The lowest BCUT2D eigenvalue weighted by Crippen LogP contribution is -2.49. The van der Waals surface area contributed by atoms with Gasteiger partial charge in [-0.25, -0.2) is 0 Å². The third-order valence-corrected chi connectivity index (χ3v) is 3.33. The summed E-state index contributed by atoms with van der Waals surface area (Å²) in [5, 5.41) is 9.52. The average Bonchev–Trinajstić information content (AvgIpc) is 2.75. The van der Waals surface area contributed by atoms with Crippen LogP contribution in [-0.2, 0) is 11.3 Å². The zero-order valence-corrected chi connectivity index (χ0v) is 18.1. The van der Waals surface area contributed by atoms with Crippen molar-refractivity contribution >= 4 is 6.79 Å². The first-order valence-corrected chi connectivity index (χ1v) is 9.77. The van der Waals surface area contributed by atoms with E-state index in [9.17, 15) is 5.11 Å². The van der Waals surface area contributed by atoms with E-state index in [0.717, 1.165) is 32.7 Å². The number of aromatic nitrogens is 1. The molecule has 0 radical (unpaired) electrons. The van der Waals surface area contributed by atoms with E-state index < -0.39 is 6.10 Å². The predicted molar refractivity (Wildman–Crippen MR) is 116 cm³/mol. The molecule has 2 heterocycles. The lowest BCUT2D eigenvalue weighted by atomic mass is 10.2. The van der Waals surface area contributed by atoms with Gasteiger partial charge < -0.3 is 21.4 Å². The average molecular weight is 386 g/mol. The van der Waals surface area contributed by atoms with Gasteiger partial charge in [0.2, 0.25) is 0 Å². The van der Waals surface area contributed by atoms with Gasteiger partial charge in [0.1, 0.15) is 6.79 Å². The molecule has 1 fully saturated rings. The Morgan fingerprint density at radius 1 is 1.15 bits per heavy atom. The van der Waals surface area contributed by atoms with Gasteiger partial charge in [0.05, 0.1) is 6.10 Å². The molecule has 5 N–H and O–H groups in total. The number of piperazine rings is 1. The molecular formula is C20H43N5O2. The number of aliphatic hydroxyl groups is 1. The molecule has 1 unspecified atom stereocenters. The highest BCUT2D eigenvalue weighted by Gasteiger charge is 2.18. The first-order valence-electron chi connectivity index (χ1n) is 9.77. The number of carbonyl (C=O) groups excluding carboxylic acids is 1. The second-order valence-electron chi connectivity index (χ2n) is 5.53. The number of hydrogen-bond donors (Lipinski definition) is 3. The van der Waals surface area contributed by atoms with Crippen LogP contribution in [0, 0.1) is 0 Å². The zero-order valence-electron chi connectivity index (χ0n) is 18.1. The lowest BCUT2D eigenvalue weighted by molar-refractivity contribution is -0.0979. The van der Waals surface area contributed by atoms with Crippen LogP contribution in [0.3, 0.4) is 0 Å². The fraction of sp³-hybridized carbons (Fsp3) is 0.700. The van der Waals surface area contributed by atoms with E-state index in [2.05, 4.69) is 40.4 Å². The molecule has 2 rings (SSSR count). The van der Waals surface area contributed by atoms with E-state index in [0.29, 0.717) is 13.1 Å². The second-order valence-corrected chi connectivity index (χ2v) is 5.53. The fourth-order valence-electron chi connectivity index (χ4n) is 2.25. The van der Waals surface area contributed by atoms with Crippen LogP contribution in [0.1, 0.15) is 39.7 Å². The molecule has 0 saturated carbocycles. The summed E-state index contributed by atoms with van der Waals surface area (Å²) in [7, 11) is 1.50. The second kappa shape index (κ2) is 24.6. The van der Waals surface area contributed by atoms with Crippen molar-refractivity contribution in [1.29, 1.82) is 0 Å². The standard InChI is InChI=1S/C13H22N4O.C3H8.C2H6.CH5N.CH2O/c14-8-13(18)11-17-6-4-16(5-7-17)10-12-2-1-3-15-9-12;1-3-2;3*1-2/h1-3,9,13,18H,4-8,10-11,14H2;3H2,1-2H3;1-2H3;2H2,1H3;1H2. The maximum atomic E-state index is 9.52. The monoisotopic (exact) mass is 385 g/mol. The van der Waals surface area contributed by atoms with Gasteiger partial charge in [0, 0.05) is 58.2 Å². The number of nitrogens with zero attached hydrogens (tertiary/aromatic N) is 3. The highest BCUT2D eigenvalue weighted by Crippen LogP contribution is 2.07. The Balaban J connectivity index is -0.000000555. The number of β-amino-alcohol motifs (C(OH)–C–C–N with tert-alkyl or cyclic N) is 1. The number of hydrogen-bond acceptors (Lipinski definition) is 7. The minimum atomic E-state index is -0.394. The van der Waals surface area contributed by atoms with Crippen molar-refractivity contribution in [2.24, 2.45) is 11.5 Å². The maximum Gasteiger partial charge on any atom is 0.106 e. The Labute approximate surface area is 166 Å². The normalized spacial score (nSPS) is 14.5. The van der Waals surface area contributed by atoms with Crippen LogP contribution in [0.5, 0.6) is 0 Å². The van der Waals surface area contributed by atoms with Crippen molar-refractivity contribution in [3.05, 3.63) is 30.1 Å². The van der Waals surface area contributed by atoms with E-state index in [4.69, 9.17) is 10.5 Å². The highest BCUT2D eigenvalue weighted by atomic mass is 16.3. The zero-order chi connectivity index (χ0) is 21.5. The van der Waals surface area contributed by atoms with Crippen molar-refractivity contribution in [2.45, 2.75) is 46.8 Å². The molecule has 1 saturated heterocycles. The van der Waals surface area contributed by atoms with Gasteiger partial charge in [-0.2, -0.15) is 0 Å². The molecule has 1 aromatic rings. The molecule has 7 heteroatoms. The number of pyridine rings is 1. The van der Waals surface area contributed by atoms with Crippen LogP contribution >= 0.6 is 0 Å². The molecule has 1 aromatic heterocycles. The summed E-state index contributed by atoms with van der Waals surface area (Å²) in [6.07, 6.45) is 4.58. The molecular weight excluding hydrogens is 342 g/mol. The molecule has 1 aliphatic rings. The number of carbonyl (C=O) groups is 1. The molecule has 27 heavy (non-hydrogen) atoms. The molecule has 0 bridgehead atoms. The summed E-state index contributed by atoms with van der Waals surface area (Å²) in [6, 6.07) is 4.08. The van der Waals surface area contributed by atoms with Crippen LogP contribution in [0.25, 0.3) is 0 Å². The molecule has 0 spiro atoms. The summed E-state index contributed by atoms with van der Waals surface area (Å²) in [5.41, 5.74) is 11.2. The molecule has 1 atom stereocenters. The van der Waals surface area contributed by atoms with Crippen LogP contribution < -0.4 is 11.5 Å². The van der Waals surface area contributed by atoms with Crippen LogP contribution in [-0.4, -0.2) is 79.1 Å². The molecule has 0 amide bonds. The summed E-state index contributed by atoms with van der Waals surface area (Å²) in [6.45, 7) is 16.3. The van der Waals surface area contributed by atoms with Crippen LogP contribution in [0.4, 0.5) is 0 Å². The van der Waals surface area contributed by atoms with Crippen LogP contribution in [0.2, 0.25) is 0 Å². The van der Waals surface area contributed by atoms with E-state index in [1.807, 2.05) is 32.9 Å². The Kier molecular flexibility index (Phi) is 27.7. The fourth-order valence-corrected chi connectivity index (χ4v) is 2.25. The topological polar surface area (TPSA) is 109 Å². The largest absolute Gasteiger partial charge is 0.390 e. The van der Waals surface area contributed by atoms with Gasteiger partial charge in [-0.15, -0.1) is 0 Å². The quantitative estimate of drug-likeness (QED) is 0.702. The summed E-state index contributed by atoms with van der Waals surface area (Å²) < 4.78 is 0. The lowest BCUT2D eigenvalue weighted by Gasteiger charge is -2.35. The van der Waals surface area contributed by atoms with E-state index in [1.165, 1.54) is 19.0 Å². The Morgan fingerprint density at radius 2 is 1.63 bits per heavy atom. The van der Waals surface area contributed by atoms with E-state index >= 15 is 0 Å². The van der Waals surface area contributed by atoms with Gasteiger partial charge in [-0.3, -0.25) is 14.8 Å². The first kappa shape index (κ1) is 30.4. The van der Waals surface area contributed by atoms with Gasteiger partial charge in [-0.05, 0) is 18.7 Å². The van der Waals surface area contributed by atoms with Gasteiger partial charge >= 0.3 is 0 Å². The van der Waals surface area contributed by atoms with Gasteiger partial charge in [0.25, 0.3) is 0 Å². The smallest absolute Gasteiger partial charge is 0.106 e. The van der Waals surface area contributed by atoms with Gasteiger partial charge in [0.15, 0.2) is 0 Å².